The topological polar surface area (TPSA) is 93.7 Å². The first-order chi connectivity index (χ1) is 20.1. The highest BCUT2D eigenvalue weighted by Gasteiger charge is 2.31. The van der Waals surface area contributed by atoms with Gasteiger partial charge < -0.3 is 24.2 Å². The Hall–Kier alpha value is -2.00. The molecule has 11 heteroatoms. The van der Waals surface area contributed by atoms with Crippen molar-refractivity contribution in [2.45, 2.75) is 89.6 Å². The number of nitrogens with zero attached hydrogens (tertiary/aromatic N) is 5. The van der Waals surface area contributed by atoms with Gasteiger partial charge in [0.1, 0.15) is 11.2 Å². The highest BCUT2D eigenvalue weighted by molar-refractivity contribution is 7.18. The first-order valence-electron chi connectivity index (χ1n) is 15.8. The van der Waals surface area contributed by atoms with Crippen LogP contribution in [0.1, 0.15) is 72.1 Å². The van der Waals surface area contributed by atoms with Crippen LogP contribution in [0.25, 0.3) is 0 Å². The Labute approximate surface area is 254 Å². The van der Waals surface area contributed by atoms with E-state index in [1.165, 1.54) is 25.9 Å². The molecule has 4 aliphatic rings. The number of amidine groups is 1. The van der Waals surface area contributed by atoms with Gasteiger partial charge in [0.25, 0.3) is 0 Å². The molecule has 3 saturated heterocycles. The molecule has 0 saturated carbocycles. The van der Waals surface area contributed by atoms with Crippen molar-refractivity contribution >= 4 is 20.8 Å². The molecule has 0 aromatic rings. The van der Waals surface area contributed by atoms with Crippen LogP contribution in [0.2, 0.25) is 0 Å². The number of alkyl halides is 1. The zero-order valence-corrected chi connectivity index (χ0v) is 27.4. The number of aliphatic imine (C=N–C) groups is 1. The summed E-state index contributed by atoms with van der Waals surface area (Å²) < 4.78 is 26.6. The van der Waals surface area contributed by atoms with E-state index >= 15 is 0 Å². The lowest BCUT2D eigenvalue weighted by atomic mass is 10.00. The largest absolute Gasteiger partial charge is 0.493 e. The van der Waals surface area contributed by atoms with Gasteiger partial charge in [-0.2, -0.15) is 0 Å². The van der Waals surface area contributed by atoms with Crippen molar-refractivity contribution in [3.63, 3.8) is 0 Å². The molecule has 4 rings (SSSR count). The number of ether oxygens (including phenoxy) is 2. The monoisotopic (exact) mass is 605 g/mol. The fourth-order valence-corrected chi connectivity index (χ4v) is 6.61. The van der Waals surface area contributed by atoms with E-state index in [0.717, 1.165) is 57.7 Å². The summed E-state index contributed by atoms with van der Waals surface area (Å²) in [5.74, 6) is 9.34. The summed E-state index contributed by atoms with van der Waals surface area (Å²) in [4.78, 5) is 12.1. The lowest BCUT2D eigenvalue weighted by Gasteiger charge is -2.39. The second kappa shape index (κ2) is 15.1. The first kappa shape index (κ1) is 32.9. The second-order valence-corrected chi connectivity index (χ2v) is 13.5. The number of methoxy groups -OCH3 is 1. The number of nitrogens with two attached hydrogens (primary N) is 1. The van der Waals surface area contributed by atoms with E-state index < -0.39 is 5.41 Å². The molecule has 3 heterocycles. The highest BCUT2D eigenvalue weighted by atomic mass is 31.0. The smallest absolute Gasteiger partial charge is 0.163 e. The number of hydrogen-bond acceptors (Lipinski definition) is 8. The fraction of sp³-hybridized carbons (Fsp3) is 0.742. The molecule has 2 unspecified atom stereocenters. The average Bonchev–Trinajstić information content (AvgIpc) is 3.42. The zero-order valence-electron chi connectivity index (χ0n) is 26.2. The Bertz CT molecular complexity index is 1060. The van der Waals surface area contributed by atoms with Crippen LogP contribution in [0.3, 0.4) is 0 Å². The van der Waals surface area contributed by atoms with Gasteiger partial charge in [-0.25, -0.2) is 15.2 Å². The Kier molecular flexibility index (Phi) is 11.9. The lowest BCUT2D eigenvalue weighted by Crippen LogP contribution is -2.49. The summed E-state index contributed by atoms with van der Waals surface area (Å²) in [6.07, 6.45) is 10.6. The van der Waals surface area contributed by atoms with Crippen LogP contribution in [-0.4, -0.2) is 108 Å². The Morgan fingerprint density at radius 1 is 1.12 bits per heavy atom. The molecule has 3 N–H and O–H groups in total. The summed E-state index contributed by atoms with van der Waals surface area (Å²) in [5.41, 5.74) is 0.890. The standard InChI is InChI=1S/C31H53FN7O2P/c1-23(2)37-17-9-25(10-18-37)39(34)30(35-24(3)38-16-7-11-31(32,42)12-19-38)26-21-28(40-4)29(22-27(26)33)41-20-8-15-36-13-5-6-14-36/h21-23,25,33H,5-20,34,42H2,1-4H3/b30-26+,33-27?,35-24?. The maximum absolute atomic E-state index is 14.7. The van der Waals surface area contributed by atoms with Gasteiger partial charge in [-0.1, -0.05) is 9.24 Å². The van der Waals surface area contributed by atoms with Crippen LogP contribution in [0.5, 0.6) is 0 Å². The number of piperidine rings is 1. The Morgan fingerprint density at radius 3 is 2.50 bits per heavy atom. The molecule has 3 fully saturated rings. The number of nitrogens with one attached hydrogen (secondary N) is 1. The normalized spacial score (nSPS) is 26.7. The second-order valence-electron chi connectivity index (χ2n) is 12.4. The molecule has 0 radical (unpaired) electrons. The molecular formula is C31H53FN7O2P. The molecule has 0 aromatic carbocycles. The van der Waals surface area contributed by atoms with Gasteiger partial charge in [0.15, 0.2) is 17.3 Å². The average molecular weight is 606 g/mol. The first-order valence-corrected chi connectivity index (χ1v) is 16.4. The van der Waals surface area contributed by atoms with Crippen LogP contribution < -0.4 is 5.84 Å². The fourth-order valence-electron chi connectivity index (χ4n) is 6.27. The number of likely N-dealkylation sites (tertiary alicyclic amines) is 3. The molecule has 0 spiro atoms. The SMILES string of the molecule is COC1=C/C(=C(/N=C(C)N2CCCC(F)(P)CC2)N(N)C2CCN(C(C)C)CC2)C(=N)C=C1OCCCN1CCCC1. The van der Waals surface area contributed by atoms with Crippen molar-refractivity contribution in [3.05, 3.63) is 35.1 Å². The van der Waals surface area contributed by atoms with Crippen LogP contribution in [0.15, 0.2) is 40.1 Å². The van der Waals surface area contributed by atoms with Crippen molar-refractivity contribution in [1.82, 2.24) is 19.7 Å². The third-order valence-electron chi connectivity index (χ3n) is 9.03. The molecule has 0 bridgehead atoms. The van der Waals surface area contributed by atoms with E-state index in [2.05, 4.69) is 37.8 Å². The van der Waals surface area contributed by atoms with E-state index in [1.54, 1.807) is 18.2 Å². The van der Waals surface area contributed by atoms with Gasteiger partial charge in [-0.15, -0.1) is 0 Å². The molecule has 2 atom stereocenters. The van der Waals surface area contributed by atoms with Gasteiger partial charge in [-0.05, 0) is 84.9 Å². The highest BCUT2D eigenvalue weighted by Crippen LogP contribution is 2.33. The Balaban J connectivity index is 1.57. The van der Waals surface area contributed by atoms with Gasteiger partial charge in [-0.3, -0.25) is 10.4 Å². The van der Waals surface area contributed by atoms with Crippen molar-refractivity contribution in [2.24, 2.45) is 10.8 Å². The number of halogens is 1. The summed E-state index contributed by atoms with van der Waals surface area (Å²) in [7, 11) is 4.01. The molecule has 236 valence electrons. The summed E-state index contributed by atoms with van der Waals surface area (Å²) >= 11 is 0. The number of rotatable bonds is 10. The van der Waals surface area contributed by atoms with E-state index in [9.17, 15) is 4.39 Å². The summed E-state index contributed by atoms with van der Waals surface area (Å²) in [6.45, 7) is 13.6. The third-order valence-corrected chi connectivity index (χ3v) is 9.61. The molecule has 0 amide bonds. The number of allylic oxidation sites excluding steroid dienone is 3. The van der Waals surface area contributed by atoms with E-state index in [-0.39, 0.29) is 11.8 Å². The van der Waals surface area contributed by atoms with Crippen LogP contribution in [0, 0.1) is 5.41 Å². The van der Waals surface area contributed by atoms with Gasteiger partial charge >= 0.3 is 0 Å². The van der Waals surface area contributed by atoms with E-state index in [1.807, 2.05) is 13.0 Å². The predicted octanol–water partition coefficient (Wildman–Crippen LogP) is 4.64. The maximum Gasteiger partial charge on any atom is 0.163 e. The lowest BCUT2D eigenvalue weighted by molar-refractivity contribution is 0.111. The maximum atomic E-state index is 14.7. The van der Waals surface area contributed by atoms with Gasteiger partial charge in [0, 0.05) is 62.9 Å². The summed E-state index contributed by atoms with van der Waals surface area (Å²) in [5, 5.41) is 9.53. The minimum atomic E-state index is -1.24. The van der Waals surface area contributed by atoms with Crippen molar-refractivity contribution in [1.29, 1.82) is 5.41 Å². The Morgan fingerprint density at radius 2 is 1.83 bits per heavy atom. The summed E-state index contributed by atoms with van der Waals surface area (Å²) in [6, 6.07) is 0.586. The van der Waals surface area contributed by atoms with Crippen LogP contribution in [0.4, 0.5) is 4.39 Å². The molecular weight excluding hydrogens is 552 g/mol. The van der Waals surface area contributed by atoms with E-state index in [4.69, 9.17) is 25.7 Å². The van der Waals surface area contributed by atoms with E-state index in [0.29, 0.717) is 54.9 Å². The molecule has 42 heavy (non-hydrogen) atoms. The predicted molar refractivity (Wildman–Crippen MR) is 172 cm³/mol. The zero-order chi connectivity index (χ0) is 30.3. The molecule has 1 aliphatic carbocycles. The van der Waals surface area contributed by atoms with Gasteiger partial charge in [0.05, 0.1) is 19.4 Å². The van der Waals surface area contributed by atoms with Crippen molar-refractivity contribution < 1.29 is 13.9 Å². The number of hydrazine groups is 1. The van der Waals surface area contributed by atoms with Crippen molar-refractivity contribution in [2.75, 3.05) is 59.5 Å². The van der Waals surface area contributed by atoms with Crippen LogP contribution >= 0.6 is 9.24 Å². The molecule has 3 aliphatic heterocycles. The third kappa shape index (κ3) is 8.77. The van der Waals surface area contributed by atoms with Gasteiger partial charge in [0.2, 0.25) is 0 Å². The molecule has 9 nitrogen and oxygen atoms in total. The number of hydrogen-bond donors (Lipinski definition) is 2. The quantitative estimate of drug-likeness (QED) is 0.0936. The van der Waals surface area contributed by atoms with Crippen LogP contribution in [-0.2, 0) is 9.47 Å². The molecule has 0 aromatic heterocycles. The minimum absolute atomic E-state index is 0.0909. The van der Waals surface area contributed by atoms with Crippen molar-refractivity contribution in [3.8, 4) is 0 Å². The minimum Gasteiger partial charge on any atom is -0.493 e.